The van der Waals surface area contributed by atoms with Crippen molar-refractivity contribution < 1.29 is 9.32 Å². The van der Waals surface area contributed by atoms with E-state index in [0.717, 1.165) is 22.7 Å². The molecular weight excluding hydrogens is 324 g/mol. The number of carbonyl (C=O) groups is 1. The van der Waals surface area contributed by atoms with E-state index in [9.17, 15) is 4.79 Å². The van der Waals surface area contributed by atoms with Crippen LogP contribution in [0.4, 0.5) is 0 Å². The first-order valence-electron chi connectivity index (χ1n) is 7.82. The van der Waals surface area contributed by atoms with Gasteiger partial charge in [-0.1, -0.05) is 42.4 Å². The van der Waals surface area contributed by atoms with Gasteiger partial charge in [0.15, 0.2) is 5.82 Å². The molecule has 0 fully saturated rings. The van der Waals surface area contributed by atoms with E-state index in [2.05, 4.69) is 20.4 Å². The molecule has 124 valence electrons. The lowest BCUT2D eigenvalue weighted by atomic mass is 10.2. The summed E-state index contributed by atoms with van der Waals surface area (Å²) in [5.74, 6) is 0.969. The second-order valence-electron chi connectivity index (χ2n) is 5.32. The zero-order valence-corrected chi connectivity index (χ0v) is 14.2. The Labute approximate surface area is 143 Å². The highest BCUT2D eigenvalue weighted by atomic mass is 32.1. The number of nitrogens with one attached hydrogen (secondary N) is 1. The summed E-state index contributed by atoms with van der Waals surface area (Å²) in [6, 6.07) is 10.0. The van der Waals surface area contributed by atoms with Gasteiger partial charge in [-0.25, -0.2) is 4.98 Å². The molecule has 0 aliphatic carbocycles. The van der Waals surface area contributed by atoms with Gasteiger partial charge in [-0.2, -0.15) is 4.98 Å². The maximum atomic E-state index is 11.4. The van der Waals surface area contributed by atoms with Crippen LogP contribution in [0.3, 0.4) is 0 Å². The Morgan fingerprint density at radius 1 is 1.25 bits per heavy atom. The highest BCUT2D eigenvalue weighted by Gasteiger charge is 2.11. The van der Waals surface area contributed by atoms with Crippen LogP contribution in [0.1, 0.15) is 37.2 Å². The fraction of sp³-hybridized carbons (Fsp3) is 0.294. The van der Waals surface area contributed by atoms with Crippen molar-refractivity contribution in [1.82, 2.24) is 20.4 Å². The van der Waals surface area contributed by atoms with Gasteiger partial charge in [-0.15, -0.1) is 11.3 Å². The minimum atomic E-state index is -0.00995. The van der Waals surface area contributed by atoms with Crippen molar-refractivity contribution in [3.63, 3.8) is 0 Å². The molecule has 0 unspecified atom stereocenters. The number of hydrogen-bond donors (Lipinski definition) is 1. The number of thiazole rings is 1. The zero-order valence-electron chi connectivity index (χ0n) is 13.4. The van der Waals surface area contributed by atoms with Crippen molar-refractivity contribution >= 4 is 17.2 Å². The highest BCUT2D eigenvalue weighted by Crippen LogP contribution is 2.24. The van der Waals surface area contributed by atoms with Gasteiger partial charge in [0.05, 0.1) is 18.7 Å². The molecule has 0 radical (unpaired) electrons. The Balaban J connectivity index is 1.59. The van der Waals surface area contributed by atoms with Crippen LogP contribution in [0.15, 0.2) is 40.2 Å². The van der Waals surface area contributed by atoms with Crippen LogP contribution in [-0.2, 0) is 17.8 Å². The fourth-order valence-electron chi connectivity index (χ4n) is 2.19. The molecule has 0 saturated heterocycles. The SMILES string of the molecule is CCCC(=O)NCc1nc(Cc2csc(-c3ccccc3)n2)no1. The molecule has 1 amide bonds. The molecule has 24 heavy (non-hydrogen) atoms. The first kappa shape index (κ1) is 16.3. The van der Waals surface area contributed by atoms with Gasteiger partial charge in [-0.3, -0.25) is 4.79 Å². The van der Waals surface area contributed by atoms with E-state index < -0.39 is 0 Å². The van der Waals surface area contributed by atoms with Gasteiger partial charge >= 0.3 is 0 Å². The Morgan fingerprint density at radius 3 is 2.88 bits per heavy atom. The maximum Gasteiger partial charge on any atom is 0.246 e. The summed E-state index contributed by atoms with van der Waals surface area (Å²) in [5, 5.41) is 9.67. The van der Waals surface area contributed by atoms with Crippen LogP contribution >= 0.6 is 11.3 Å². The van der Waals surface area contributed by atoms with Gasteiger partial charge in [0.2, 0.25) is 11.8 Å². The van der Waals surface area contributed by atoms with E-state index in [1.165, 1.54) is 0 Å². The van der Waals surface area contributed by atoms with E-state index in [4.69, 9.17) is 4.52 Å². The monoisotopic (exact) mass is 342 g/mol. The van der Waals surface area contributed by atoms with Gasteiger partial charge < -0.3 is 9.84 Å². The van der Waals surface area contributed by atoms with Crippen LogP contribution in [-0.4, -0.2) is 21.0 Å². The minimum absolute atomic E-state index is 0.00995. The van der Waals surface area contributed by atoms with E-state index in [1.54, 1.807) is 11.3 Å². The molecule has 2 aromatic heterocycles. The summed E-state index contributed by atoms with van der Waals surface area (Å²) in [4.78, 5) is 20.3. The maximum absolute atomic E-state index is 11.4. The smallest absolute Gasteiger partial charge is 0.246 e. The molecule has 0 bridgehead atoms. The lowest BCUT2D eigenvalue weighted by Crippen LogP contribution is -2.22. The molecule has 0 aliphatic rings. The molecule has 1 N–H and O–H groups in total. The average Bonchev–Trinajstić information content (AvgIpc) is 3.24. The summed E-state index contributed by atoms with van der Waals surface area (Å²) >= 11 is 1.59. The first-order valence-corrected chi connectivity index (χ1v) is 8.70. The predicted molar refractivity (Wildman–Crippen MR) is 91.4 cm³/mol. The lowest BCUT2D eigenvalue weighted by Gasteiger charge is -1.98. The molecule has 0 aliphatic heterocycles. The van der Waals surface area contributed by atoms with Crippen molar-refractivity contribution in [1.29, 1.82) is 0 Å². The topological polar surface area (TPSA) is 80.9 Å². The first-order chi connectivity index (χ1) is 11.7. The summed E-state index contributed by atoms with van der Waals surface area (Å²) < 4.78 is 5.16. The van der Waals surface area contributed by atoms with E-state index in [-0.39, 0.29) is 12.5 Å². The van der Waals surface area contributed by atoms with Crippen molar-refractivity contribution in [2.45, 2.75) is 32.7 Å². The molecular formula is C17H18N4O2S. The summed E-state index contributed by atoms with van der Waals surface area (Å²) in [7, 11) is 0. The Bertz CT molecular complexity index is 798. The minimum Gasteiger partial charge on any atom is -0.347 e. The van der Waals surface area contributed by atoms with Crippen LogP contribution in [0.2, 0.25) is 0 Å². The number of carbonyl (C=O) groups excluding carboxylic acids is 1. The molecule has 3 rings (SSSR count). The highest BCUT2D eigenvalue weighted by molar-refractivity contribution is 7.13. The number of rotatable bonds is 7. The summed E-state index contributed by atoms with van der Waals surface area (Å²) in [6.07, 6.45) is 1.83. The molecule has 0 saturated carbocycles. The van der Waals surface area contributed by atoms with Gasteiger partial charge in [-0.05, 0) is 6.42 Å². The quantitative estimate of drug-likeness (QED) is 0.713. The third-order valence-corrected chi connectivity index (χ3v) is 4.28. The Hall–Kier alpha value is -2.54. The molecule has 7 heteroatoms. The Kier molecular flexibility index (Phi) is 5.32. The van der Waals surface area contributed by atoms with E-state index in [1.807, 2.05) is 42.6 Å². The number of hydrogen-bond acceptors (Lipinski definition) is 6. The van der Waals surface area contributed by atoms with Crippen molar-refractivity contribution in [2.75, 3.05) is 0 Å². The second-order valence-corrected chi connectivity index (χ2v) is 6.18. The lowest BCUT2D eigenvalue weighted by molar-refractivity contribution is -0.121. The number of aromatic nitrogens is 3. The molecule has 6 nitrogen and oxygen atoms in total. The Morgan fingerprint density at radius 2 is 2.08 bits per heavy atom. The third-order valence-electron chi connectivity index (χ3n) is 3.34. The number of amides is 1. The number of nitrogens with zero attached hydrogens (tertiary/aromatic N) is 3. The molecule has 0 atom stereocenters. The van der Waals surface area contributed by atoms with Crippen LogP contribution < -0.4 is 5.32 Å². The molecule has 1 aromatic carbocycles. The largest absolute Gasteiger partial charge is 0.347 e. The van der Waals surface area contributed by atoms with Gasteiger partial charge in [0, 0.05) is 17.4 Å². The summed E-state index contributed by atoms with van der Waals surface area (Å²) in [6.45, 7) is 2.22. The van der Waals surface area contributed by atoms with Crippen LogP contribution in [0.25, 0.3) is 10.6 Å². The van der Waals surface area contributed by atoms with Crippen LogP contribution in [0.5, 0.6) is 0 Å². The third kappa shape index (κ3) is 4.26. The molecule has 0 spiro atoms. The van der Waals surface area contributed by atoms with E-state index >= 15 is 0 Å². The zero-order chi connectivity index (χ0) is 16.8. The van der Waals surface area contributed by atoms with Gasteiger partial charge in [0.1, 0.15) is 5.01 Å². The van der Waals surface area contributed by atoms with E-state index in [0.29, 0.717) is 24.6 Å². The van der Waals surface area contributed by atoms with Crippen molar-refractivity contribution in [3.05, 3.63) is 53.1 Å². The molecule has 2 heterocycles. The normalized spacial score (nSPS) is 10.7. The average molecular weight is 342 g/mol. The van der Waals surface area contributed by atoms with Crippen molar-refractivity contribution in [2.24, 2.45) is 0 Å². The summed E-state index contributed by atoms with van der Waals surface area (Å²) in [5.41, 5.74) is 2.00. The van der Waals surface area contributed by atoms with Crippen molar-refractivity contribution in [3.8, 4) is 10.6 Å². The van der Waals surface area contributed by atoms with Crippen LogP contribution in [0, 0.1) is 0 Å². The predicted octanol–water partition coefficient (Wildman–Crippen LogP) is 3.20. The fourth-order valence-corrected chi connectivity index (χ4v) is 3.01. The standard InChI is InChI=1S/C17H18N4O2S/c1-2-6-15(22)18-10-16-20-14(21-23-16)9-13-11-24-17(19-13)12-7-4-3-5-8-12/h3-5,7-8,11H,2,6,9-10H2,1H3,(H,18,22). The second kappa shape index (κ2) is 7.83. The molecule has 3 aromatic rings. The number of benzene rings is 1. The van der Waals surface area contributed by atoms with Gasteiger partial charge in [0.25, 0.3) is 0 Å².